The smallest absolute Gasteiger partial charge is 0.406 e. The Labute approximate surface area is 160 Å². The second-order valence-corrected chi connectivity index (χ2v) is 6.77. The average molecular weight is 412 g/mol. The summed E-state index contributed by atoms with van der Waals surface area (Å²) in [6.45, 7) is 0.203. The summed E-state index contributed by atoms with van der Waals surface area (Å²) in [5, 5.41) is 4.40. The van der Waals surface area contributed by atoms with Gasteiger partial charge in [-0.05, 0) is 29.1 Å². The van der Waals surface area contributed by atoms with E-state index < -0.39 is 12.4 Å². The van der Waals surface area contributed by atoms with Gasteiger partial charge in [0.25, 0.3) is 5.56 Å². The lowest BCUT2D eigenvalue weighted by atomic mass is 10.2. The molecule has 3 rings (SSSR count). The van der Waals surface area contributed by atoms with Gasteiger partial charge in [-0.1, -0.05) is 12.1 Å². The summed E-state index contributed by atoms with van der Waals surface area (Å²) in [6, 6.07) is 6.48. The minimum Gasteiger partial charge on any atom is -0.406 e. The van der Waals surface area contributed by atoms with E-state index in [1.807, 2.05) is 0 Å². The van der Waals surface area contributed by atoms with Gasteiger partial charge in [0, 0.05) is 13.6 Å². The molecule has 2 amide bonds. The maximum Gasteiger partial charge on any atom is 0.573 e. The van der Waals surface area contributed by atoms with Gasteiger partial charge in [-0.15, -0.1) is 24.5 Å². The number of nitrogens with zero attached hydrogens (tertiary/aromatic N) is 2. The van der Waals surface area contributed by atoms with Crippen LogP contribution in [-0.4, -0.2) is 34.3 Å². The summed E-state index contributed by atoms with van der Waals surface area (Å²) < 4.78 is 40.7. The molecular weight excluding hydrogens is 397 g/mol. The van der Waals surface area contributed by atoms with E-state index in [0.717, 1.165) is 0 Å². The molecule has 28 heavy (non-hydrogen) atoms. The summed E-state index contributed by atoms with van der Waals surface area (Å²) in [4.78, 5) is 32.4. The number of fused-ring (bicyclic) bond motifs is 1. The number of halogens is 3. The number of H-pyrrole nitrogens is 1. The molecule has 2 heterocycles. The van der Waals surface area contributed by atoms with Gasteiger partial charge in [0.2, 0.25) is 0 Å². The first-order valence-electron chi connectivity index (χ1n) is 8.01. The highest BCUT2D eigenvalue weighted by atomic mass is 32.1. The first kappa shape index (κ1) is 19.7. The highest BCUT2D eigenvalue weighted by Crippen LogP contribution is 2.22. The van der Waals surface area contributed by atoms with Gasteiger partial charge in [0.15, 0.2) is 0 Å². The number of ether oxygens (including phenoxy) is 1. The summed E-state index contributed by atoms with van der Waals surface area (Å²) in [5.74, 6) is 0.0146. The maximum absolute atomic E-state index is 12.2. The van der Waals surface area contributed by atoms with Crippen molar-refractivity contribution < 1.29 is 22.7 Å². The number of carbonyl (C=O) groups excluding carboxylic acids is 1. The number of urea groups is 1. The van der Waals surface area contributed by atoms with Gasteiger partial charge in [-0.2, -0.15) is 0 Å². The van der Waals surface area contributed by atoms with Crippen LogP contribution in [0.3, 0.4) is 0 Å². The summed E-state index contributed by atoms with van der Waals surface area (Å²) in [6.07, 6.45) is -4.75. The highest BCUT2D eigenvalue weighted by Gasteiger charge is 2.30. The molecule has 0 atom stereocenters. The van der Waals surface area contributed by atoms with Crippen molar-refractivity contribution in [3.05, 3.63) is 57.5 Å². The van der Waals surface area contributed by atoms with Crippen LogP contribution in [0, 0.1) is 0 Å². The molecule has 0 saturated carbocycles. The number of aromatic amines is 1. The number of amides is 2. The maximum atomic E-state index is 12.2. The molecule has 0 aliphatic carbocycles. The van der Waals surface area contributed by atoms with Crippen molar-refractivity contribution in [2.45, 2.75) is 19.5 Å². The predicted octanol–water partition coefficient (Wildman–Crippen LogP) is 3.22. The van der Waals surface area contributed by atoms with Crippen LogP contribution in [0.5, 0.6) is 5.75 Å². The minimum absolute atomic E-state index is 0.0885. The zero-order valence-corrected chi connectivity index (χ0v) is 15.4. The molecule has 2 aromatic heterocycles. The molecule has 3 aromatic rings. The third-order valence-electron chi connectivity index (χ3n) is 3.70. The molecule has 1 aromatic carbocycles. The Morgan fingerprint density at radius 1 is 1.29 bits per heavy atom. The number of hydrogen-bond acceptors (Lipinski definition) is 5. The number of nitrogens with one attached hydrogen (secondary N) is 2. The van der Waals surface area contributed by atoms with E-state index in [2.05, 4.69) is 20.0 Å². The van der Waals surface area contributed by atoms with Gasteiger partial charge < -0.3 is 19.9 Å². The van der Waals surface area contributed by atoms with E-state index in [1.54, 1.807) is 11.4 Å². The van der Waals surface area contributed by atoms with Gasteiger partial charge >= 0.3 is 12.4 Å². The Hall–Kier alpha value is -3.08. The molecule has 11 heteroatoms. The van der Waals surface area contributed by atoms with Crippen molar-refractivity contribution in [2.75, 3.05) is 7.05 Å². The van der Waals surface area contributed by atoms with E-state index in [1.165, 1.54) is 47.5 Å². The Bertz CT molecular complexity index is 1030. The van der Waals surface area contributed by atoms with E-state index in [0.29, 0.717) is 21.6 Å². The Kier molecular flexibility index (Phi) is 5.54. The van der Waals surface area contributed by atoms with Gasteiger partial charge in [0.05, 0.1) is 12.1 Å². The van der Waals surface area contributed by atoms with E-state index in [-0.39, 0.29) is 24.4 Å². The van der Waals surface area contributed by atoms with Crippen molar-refractivity contribution in [2.24, 2.45) is 0 Å². The van der Waals surface area contributed by atoms with Gasteiger partial charge in [-0.3, -0.25) is 4.79 Å². The van der Waals surface area contributed by atoms with Crippen LogP contribution in [0.2, 0.25) is 0 Å². The molecule has 0 bridgehead atoms. The number of carbonyl (C=O) groups is 1. The molecule has 0 saturated heterocycles. The van der Waals surface area contributed by atoms with Gasteiger partial charge in [0.1, 0.15) is 16.3 Å². The van der Waals surface area contributed by atoms with Crippen molar-refractivity contribution in [1.29, 1.82) is 0 Å². The fourth-order valence-corrected chi connectivity index (χ4v) is 3.14. The summed E-state index contributed by atoms with van der Waals surface area (Å²) >= 11 is 1.29. The number of aromatic nitrogens is 2. The number of hydrogen-bond donors (Lipinski definition) is 2. The number of alkyl halides is 3. The molecular formula is C17H15F3N4O3S. The van der Waals surface area contributed by atoms with Crippen molar-refractivity contribution >= 4 is 27.6 Å². The predicted molar refractivity (Wildman–Crippen MR) is 97.1 cm³/mol. The fourth-order valence-electron chi connectivity index (χ4n) is 2.41. The normalized spacial score (nSPS) is 11.4. The Morgan fingerprint density at radius 3 is 2.68 bits per heavy atom. The van der Waals surface area contributed by atoms with Crippen molar-refractivity contribution in [3.63, 3.8) is 0 Å². The van der Waals surface area contributed by atoms with E-state index in [9.17, 15) is 22.8 Å². The largest absolute Gasteiger partial charge is 0.573 e. The molecule has 0 aliphatic rings. The Balaban J connectivity index is 1.56. The molecule has 0 radical (unpaired) electrons. The molecule has 0 aliphatic heterocycles. The Morgan fingerprint density at radius 2 is 2.00 bits per heavy atom. The van der Waals surface area contributed by atoms with Crippen LogP contribution in [-0.2, 0) is 13.1 Å². The lowest BCUT2D eigenvalue weighted by Crippen LogP contribution is -2.37. The molecule has 0 fully saturated rings. The lowest BCUT2D eigenvalue weighted by Gasteiger charge is -2.17. The monoisotopic (exact) mass is 412 g/mol. The van der Waals surface area contributed by atoms with Crippen LogP contribution in [0.1, 0.15) is 11.4 Å². The number of benzene rings is 1. The second-order valence-electron chi connectivity index (χ2n) is 5.85. The lowest BCUT2D eigenvalue weighted by molar-refractivity contribution is -0.274. The molecule has 148 valence electrons. The van der Waals surface area contributed by atoms with E-state index in [4.69, 9.17) is 0 Å². The fraction of sp³-hybridized carbons (Fsp3) is 0.235. The number of rotatable bonds is 5. The van der Waals surface area contributed by atoms with Crippen LogP contribution >= 0.6 is 11.3 Å². The summed E-state index contributed by atoms with van der Waals surface area (Å²) in [5.41, 5.74) is 0.909. The second kappa shape index (κ2) is 7.89. The summed E-state index contributed by atoms with van der Waals surface area (Å²) in [7, 11) is 1.54. The van der Waals surface area contributed by atoms with Crippen molar-refractivity contribution in [3.8, 4) is 5.75 Å². The molecule has 0 unspecified atom stereocenters. The molecule has 7 nitrogen and oxygen atoms in total. The zero-order valence-electron chi connectivity index (χ0n) is 14.5. The van der Waals surface area contributed by atoms with E-state index >= 15 is 0 Å². The number of thiophene rings is 1. The van der Waals surface area contributed by atoms with Crippen LogP contribution < -0.4 is 15.6 Å². The van der Waals surface area contributed by atoms with Crippen LogP contribution in [0.25, 0.3) is 10.2 Å². The third kappa shape index (κ3) is 5.00. The highest BCUT2D eigenvalue weighted by molar-refractivity contribution is 7.17. The van der Waals surface area contributed by atoms with Crippen LogP contribution in [0.15, 0.2) is 40.5 Å². The molecule has 2 N–H and O–H groups in total. The quantitative estimate of drug-likeness (QED) is 0.674. The average Bonchev–Trinajstić information content (AvgIpc) is 3.08. The van der Waals surface area contributed by atoms with Crippen molar-refractivity contribution in [1.82, 2.24) is 20.2 Å². The standard InChI is InChI=1S/C17H15F3N4O3S/c1-24(9-13-22-12-6-7-28-14(12)15(25)23-13)16(26)21-8-10-2-4-11(5-3-10)27-17(18,19)20/h2-7H,8-9H2,1H3,(H,21,26)(H,22,23,25). The molecule has 0 spiro atoms. The third-order valence-corrected chi connectivity index (χ3v) is 4.60. The minimum atomic E-state index is -4.75. The van der Waals surface area contributed by atoms with Crippen LogP contribution in [0.4, 0.5) is 18.0 Å². The first-order chi connectivity index (χ1) is 13.2. The zero-order chi connectivity index (χ0) is 20.3. The SMILES string of the molecule is CN(Cc1nc2ccsc2c(=O)[nH]1)C(=O)NCc1ccc(OC(F)(F)F)cc1. The first-order valence-corrected chi connectivity index (χ1v) is 8.89. The van der Waals surface area contributed by atoms with Gasteiger partial charge in [-0.25, -0.2) is 9.78 Å². The topological polar surface area (TPSA) is 87.3 Å².